The van der Waals surface area contributed by atoms with Crippen molar-refractivity contribution >= 4 is 27.3 Å². The van der Waals surface area contributed by atoms with Crippen molar-refractivity contribution in [2.45, 2.75) is 24.8 Å². The Morgan fingerprint density at radius 1 is 1.40 bits per heavy atom. The van der Waals surface area contributed by atoms with Gasteiger partial charge in [0.15, 0.2) is 9.84 Å². The molecule has 0 bridgehead atoms. The minimum atomic E-state index is -3.50. The van der Waals surface area contributed by atoms with Crippen LogP contribution < -0.4 is 5.32 Å². The molecule has 0 aromatic heterocycles. The summed E-state index contributed by atoms with van der Waals surface area (Å²) in [6.07, 6.45) is 0.374. The van der Waals surface area contributed by atoms with Crippen LogP contribution >= 0.6 is 11.6 Å². The van der Waals surface area contributed by atoms with E-state index in [9.17, 15) is 18.3 Å². The van der Waals surface area contributed by atoms with E-state index < -0.39 is 21.8 Å². The van der Waals surface area contributed by atoms with Gasteiger partial charge >= 0.3 is 0 Å². The van der Waals surface area contributed by atoms with Crippen LogP contribution in [-0.2, 0) is 9.84 Å². The van der Waals surface area contributed by atoms with Crippen molar-refractivity contribution in [3.63, 3.8) is 0 Å². The maximum Gasteiger partial charge on any atom is 0.251 e. The summed E-state index contributed by atoms with van der Waals surface area (Å²) in [5, 5.41) is 12.2. The molecule has 1 rings (SSSR count). The molecule has 1 aromatic rings. The number of nitrogens with one attached hydrogen (secondary N) is 1. The summed E-state index contributed by atoms with van der Waals surface area (Å²) in [4.78, 5) is 11.8. The van der Waals surface area contributed by atoms with Crippen LogP contribution in [0.4, 0.5) is 0 Å². The fraction of sp³-hybridized carbons (Fsp3) is 0.462. The molecule has 20 heavy (non-hydrogen) atoms. The molecular weight excluding hydrogens is 302 g/mol. The van der Waals surface area contributed by atoms with Crippen molar-refractivity contribution in [2.24, 2.45) is 5.92 Å². The molecule has 0 heterocycles. The average molecular weight is 320 g/mol. The molecule has 1 atom stereocenters. The van der Waals surface area contributed by atoms with E-state index in [1.807, 2.05) is 13.8 Å². The van der Waals surface area contributed by atoms with Crippen LogP contribution in [0, 0.1) is 5.92 Å². The second kappa shape index (κ2) is 6.56. The molecule has 5 nitrogen and oxygen atoms in total. The molecule has 1 aromatic carbocycles. The summed E-state index contributed by atoms with van der Waals surface area (Å²) in [5.74, 6) is -0.432. The molecule has 0 aliphatic heterocycles. The van der Waals surface area contributed by atoms with Crippen LogP contribution in [0.2, 0.25) is 5.02 Å². The highest BCUT2D eigenvalue weighted by Gasteiger charge is 2.17. The SMILES string of the molecule is CC(C)C(O)CNC(=O)c1ccc(Cl)c(S(C)(=O)=O)c1. The number of benzene rings is 1. The third-order valence-corrected chi connectivity index (χ3v) is 4.41. The maximum atomic E-state index is 11.9. The summed E-state index contributed by atoms with van der Waals surface area (Å²) in [7, 11) is -3.50. The third-order valence-electron chi connectivity index (χ3n) is 2.83. The zero-order chi connectivity index (χ0) is 15.5. The van der Waals surface area contributed by atoms with Gasteiger partial charge in [-0.25, -0.2) is 8.42 Å². The monoisotopic (exact) mass is 319 g/mol. The Hall–Kier alpha value is -1.11. The Labute approximate surface area is 123 Å². The van der Waals surface area contributed by atoms with Gasteiger partial charge in [0.05, 0.1) is 16.0 Å². The number of halogens is 1. The van der Waals surface area contributed by atoms with Gasteiger partial charge in [0, 0.05) is 18.4 Å². The largest absolute Gasteiger partial charge is 0.391 e. The molecule has 0 radical (unpaired) electrons. The number of hydrogen-bond acceptors (Lipinski definition) is 4. The molecular formula is C13H18ClNO4S. The van der Waals surface area contributed by atoms with E-state index in [2.05, 4.69) is 5.32 Å². The van der Waals surface area contributed by atoms with Crippen LogP contribution in [0.3, 0.4) is 0 Å². The molecule has 0 aliphatic rings. The Morgan fingerprint density at radius 2 is 2.00 bits per heavy atom. The molecule has 0 saturated carbocycles. The predicted octanol–water partition coefficient (Wildman–Crippen LogP) is 1.49. The maximum absolute atomic E-state index is 11.9. The van der Waals surface area contributed by atoms with Gasteiger partial charge in [0.2, 0.25) is 0 Å². The quantitative estimate of drug-likeness (QED) is 0.861. The van der Waals surface area contributed by atoms with Gasteiger partial charge in [0.25, 0.3) is 5.91 Å². The summed E-state index contributed by atoms with van der Waals surface area (Å²) in [6.45, 7) is 3.77. The molecule has 7 heteroatoms. The van der Waals surface area contributed by atoms with Crippen LogP contribution in [-0.4, -0.2) is 38.3 Å². The number of rotatable bonds is 5. The van der Waals surface area contributed by atoms with Crippen molar-refractivity contribution in [2.75, 3.05) is 12.8 Å². The van der Waals surface area contributed by atoms with Crippen molar-refractivity contribution < 1.29 is 18.3 Å². The lowest BCUT2D eigenvalue weighted by atomic mass is 10.1. The first-order chi connectivity index (χ1) is 9.12. The number of carbonyl (C=O) groups is 1. The number of carbonyl (C=O) groups excluding carboxylic acids is 1. The summed E-state index contributed by atoms with van der Waals surface area (Å²) in [6, 6.07) is 4.04. The fourth-order valence-corrected chi connectivity index (χ4v) is 2.77. The van der Waals surface area contributed by atoms with Gasteiger partial charge in [-0.3, -0.25) is 4.79 Å². The number of sulfone groups is 1. The van der Waals surface area contributed by atoms with Crippen LogP contribution in [0.15, 0.2) is 23.1 Å². The van der Waals surface area contributed by atoms with Gasteiger partial charge < -0.3 is 10.4 Å². The summed E-state index contributed by atoms with van der Waals surface area (Å²) >= 11 is 5.80. The highest BCUT2D eigenvalue weighted by atomic mass is 35.5. The third kappa shape index (κ3) is 4.47. The average Bonchev–Trinajstić information content (AvgIpc) is 2.34. The molecule has 0 spiro atoms. The molecule has 1 unspecified atom stereocenters. The van der Waals surface area contributed by atoms with Gasteiger partial charge in [0.1, 0.15) is 0 Å². The van der Waals surface area contributed by atoms with Gasteiger partial charge in [-0.05, 0) is 24.1 Å². The van der Waals surface area contributed by atoms with Crippen LogP contribution in [0.5, 0.6) is 0 Å². The molecule has 2 N–H and O–H groups in total. The second-order valence-electron chi connectivity index (χ2n) is 4.94. The van der Waals surface area contributed by atoms with E-state index in [-0.39, 0.29) is 27.9 Å². The molecule has 0 aliphatic carbocycles. The molecule has 0 saturated heterocycles. The number of amides is 1. The number of hydrogen-bond donors (Lipinski definition) is 2. The Kier molecular flexibility index (Phi) is 5.56. The molecule has 112 valence electrons. The fourth-order valence-electron chi connectivity index (χ4n) is 1.46. The predicted molar refractivity (Wildman–Crippen MR) is 77.7 cm³/mol. The highest BCUT2D eigenvalue weighted by Crippen LogP contribution is 2.22. The first-order valence-corrected chi connectivity index (χ1v) is 8.35. The summed E-state index contributed by atoms with van der Waals surface area (Å²) in [5.41, 5.74) is 0.186. The van der Waals surface area contributed by atoms with E-state index in [4.69, 9.17) is 11.6 Å². The zero-order valence-corrected chi connectivity index (χ0v) is 13.1. The first-order valence-electron chi connectivity index (χ1n) is 6.08. The van der Waals surface area contributed by atoms with Crippen molar-refractivity contribution in [1.29, 1.82) is 0 Å². The van der Waals surface area contributed by atoms with Crippen LogP contribution in [0.25, 0.3) is 0 Å². The second-order valence-corrected chi connectivity index (χ2v) is 7.33. The smallest absolute Gasteiger partial charge is 0.251 e. The van der Waals surface area contributed by atoms with E-state index in [0.29, 0.717) is 0 Å². The zero-order valence-electron chi connectivity index (χ0n) is 11.6. The van der Waals surface area contributed by atoms with E-state index in [0.717, 1.165) is 6.26 Å². The van der Waals surface area contributed by atoms with Crippen LogP contribution in [0.1, 0.15) is 24.2 Å². The van der Waals surface area contributed by atoms with Crippen molar-refractivity contribution in [3.05, 3.63) is 28.8 Å². The molecule has 1 amide bonds. The van der Waals surface area contributed by atoms with Crippen molar-refractivity contribution in [1.82, 2.24) is 5.32 Å². The van der Waals surface area contributed by atoms with E-state index >= 15 is 0 Å². The minimum absolute atomic E-state index is 0.0205. The highest BCUT2D eigenvalue weighted by molar-refractivity contribution is 7.90. The first kappa shape index (κ1) is 16.9. The minimum Gasteiger partial charge on any atom is -0.391 e. The van der Waals surface area contributed by atoms with Gasteiger partial charge in [-0.15, -0.1) is 0 Å². The van der Waals surface area contributed by atoms with E-state index in [1.165, 1.54) is 18.2 Å². The lowest BCUT2D eigenvalue weighted by Crippen LogP contribution is -2.34. The number of aliphatic hydroxyl groups is 1. The molecule has 0 fully saturated rings. The Balaban J connectivity index is 2.90. The van der Waals surface area contributed by atoms with Crippen molar-refractivity contribution in [3.8, 4) is 0 Å². The standard InChI is InChI=1S/C13H18ClNO4S/c1-8(2)11(16)7-15-13(17)9-4-5-10(14)12(6-9)20(3,18)19/h4-6,8,11,16H,7H2,1-3H3,(H,15,17). The lowest BCUT2D eigenvalue weighted by Gasteiger charge is -2.15. The topological polar surface area (TPSA) is 83.5 Å². The number of aliphatic hydroxyl groups excluding tert-OH is 1. The van der Waals surface area contributed by atoms with E-state index in [1.54, 1.807) is 0 Å². The Morgan fingerprint density at radius 3 is 2.50 bits per heavy atom. The Bertz CT molecular complexity index is 598. The van der Waals surface area contributed by atoms with Gasteiger partial charge in [-0.1, -0.05) is 25.4 Å². The normalized spacial score (nSPS) is 13.3. The van der Waals surface area contributed by atoms with Gasteiger partial charge in [-0.2, -0.15) is 0 Å². The lowest BCUT2D eigenvalue weighted by molar-refractivity contribution is 0.0871. The summed E-state index contributed by atoms with van der Waals surface area (Å²) < 4.78 is 23.1.